The third kappa shape index (κ3) is 2.77. The molecule has 0 atom stereocenters. The summed E-state index contributed by atoms with van der Waals surface area (Å²) in [4.78, 5) is 18.3. The van der Waals surface area contributed by atoms with Gasteiger partial charge < -0.3 is 10.2 Å². The van der Waals surface area contributed by atoms with E-state index in [2.05, 4.69) is 26.2 Å². The van der Waals surface area contributed by atoms with Gasteiger partial charge in [0.25, 0.3) is 0 Å². The van der Waals surface area contributed by atoms with Gasteiger partial charge in [-0.05, 0) is 37.1 Å². The monoisotopic (exact) mass is 333 g/mol. The molecule has 2 heterocycles. The summed E-state index contributed by atoms with van der Waals surface area (Å²) in [5.41, 5.74) is 1.87. The third-order valence-corrected chi connectivity index (χ3v) is 4.09. The van der Waals surface area contributed by atoms with E-state index in [1.807, 2.05) is 29.2 Å². The lowest BCUT2D eigenvalue weighted by Gasteiger charge is -2.16. The van der Waals surface area contributed by atoms with Gasteiger partial charge in [-0.15, -0.1) is 0 Å². The maximum absolute atomic E-state index is 12.0. The van der Waals surface area contributed by atoms with E-state index < -0.39 is 0 Å². The Morgan fingerprint density at radius 2 is 2.10 bits per heavy atom. The number of benzene rings is 1. The number of rotatable bonds is 3. The van der Waals surface area contributed by atoms with Crippen LogP contribution < -0.4 is 5.32 Å². The highest BCUT2D eigenvalue weighted by atomic mass is 79.9. The van der Waals surface area contributed by atoms with Gasteiger partial charge in [-0.25, -0.2) is 0 Å². The van der Waals surface area contributed by atoms with Crippen LogP contribution in [0.4, 0.5) is 5.69 Å². The van der Waals surface area contributed by atoms with Crippen LogP contribution in [0.1, 0.15) is 12.8 Å². The molecule has 1 aliphatic heterocycles. The lowest BCUT2D eigenvalue weighted by Crippen LogP contribution is -2.33. The van der Waals surface area contributed by atoms with E-state index in [0.29, 0.717) is 6.54 Å². The first-order valence-electron chi connectivity index (χ1n) is 6.80. The number of carbonyl (C=O) groups excluding carboxylic acids is 1. The molecule has 0 bridgehead atoms. The fourth-order valence-electron chi connectivity index (χ4n) is 2.52. The molecule has 20 heavy (non-hydrogen) atoms. The molecule has 1 saturated heterocycles. The molecule has 1 N–H and O–H groups in total. The Balaban J connectivity index is 1.75. The molecule has 0 saturated carbocycles. The van der Waals surface area contributed by atoms with Crippen LogP contribution in [-0.2, 0) is 4.79 Å². The van der Waals surface area contributed by atoms with Gasteiger partial charge >= 0.3 is 0 Å². The van der Waals surface area contributed by atoms with E-state index in [0.717, 1.165) is 47.0 Å². The van der Waals surface area contributed by atoms with E-state index in [4.69, 9.17) is 0 Å². The Bertz CT molecular complexity index is 638. The smallest absolute Gasteiger partial charge is 0.241 e. The highest BCUT2D eigenvalue weighted by Crippen LogP contribution is 2.24. The quantitative estimate of drug-likeness (QED) is 0.938. The predicted octanol–water partition coefficient (Wildman–Crippen LogP) is 3.03. The van der Waals surface area contributed by atoms with Crippen LogP contribution in [0.2, 0.25) is 0 Å². The first kappa shape index (κ1) is 13.4. The molecule has 0 spiro atoms. The summed E-state index contributed by atoms with van der Waals surface area (Å²) in [5.74, 6) is 0.171. The summed E-state index contributed by atoms with van der Waals surface area (Å²) in [6.07, 6.45) is 4.01. The molecule has 1 aromatic heterocycles. The Labute approximate surface area is 126 Å². The zero-order valence-electron chi connectivity index (χ0n) is 11.1. The maximum atomic E-state index is 12.0. The molecule has 4 nitrogen and oxygen atoms in total. The summed E-state index contributed by atoms with van der Waals surface area (Å²) in [6, 6.07) is 7.88. The molecular weight excluding hydrogens is 318 g/mol. The Kier molecular flexibility index (Phi) is 3.87. The second-order valence-corrected chi connectivity index (χ2v) is 5.88. The minimum atomic E-state index is 0.171. The van der Waals surface area contributed by atoms with Crippen molar-refractivity contribution in [2.24, 2.45) is 0 Å². The summed E-state index contributed by atoms with van der Waals surface area (Å²) in [6.45, 7) is 2.13. The minimum absolute atomic E-state index is 0.171. The second-order valence-electron chi connectivity index (χ2n) is 4.96. The van der Waals surface area contributed by atoms with Crippen molar-refractivity contribution in [3.05, 3.63) is 34.9 Å². The molecular formula is C15H16BrN3O. The number of fused-ring (bicyclic) bond motifs is 1. The number of amides is 1. The molecule has 0 radical (unpaired) electrons. The summed E-state index contributed by atoms with van der Waals surface area (Å²) in [5, 5.41) is 4.27. The average Bonchev–Trinajstić information content (AvgIpc) is 2.98. The zero-order valence-corrected chi connectivity index (χ0v) is 12.7. The number of nitrogens with one attached hydrogen (secondary N) is 1. The zero-order chi connectivity index (χ0) is 13.9. The molecule has 5 heteroatoms. The number of pyridine rings is 1. The number of carbonyl (C=O) groups is 1. The molecule has 1 aliphatic rings. The highest BCUT2D eigenvalue weighted by Gasteiger charge is 2.17. The number of likely N-dealkylation sites (tertiary alicyclic amines) is 1. The molecule has 0 unspecified atom stereocenters. The number of aromatic nitrogens is 1. The van der Waals surface area contributed by atoms with Gasteiger partial charge in [-0.3, -0.25) is 9.78 Å². The van der Waals surface area contributed by atoms with Crippen molar-refractivity contribution in [3.63, 3.8) is 0 Å². The van der Waals surface area contributed by atoms with Crippen LogP contribution in [0.25, 0.3) is 10.9 Å². The van der Waals surface area contributed by atoms with Gasteiger partial charge in [-0.2, -0.15) is 0 Å². The Hall–Kier alpha value is -1.62. The van der Waals surface area contributed by atoms with Crippen LogP contribution in [0.3, 0.4) is 0 Å². The Morgan fingerprint density at radius 1 is 1.30 bits per heavy atom. The lowest BCUT2D eigenvalue weighted by atomic mass is 10.2. The fraction of sp³-hybridized carbons (Fsp3) is 0.333. The lowest BCUT2D eigenvalue weighted by molar-refractivity contribution is -0.128. The number of hydrogen-bond donors (Lipinski definition) is 1. The van der Waals surface area contributed by atoms with Crippen LogP contribution in [0.5, 0.6) is 0 Å². The normalized spacial score (nSPS) is 14.8. The highest BCUT2D eigenvalue weighted by molar-refractivity contribution is 9.10. The number of halogens is 1. The van der Waals surface area contributed by atoms with E-state index in [1.165, 1.54) is 0 Å². The van der Waals surface area contributed by atoms with E-state index in [1.54, 1.807) is 6.20 Å². The minimum Gasteiger partial charge on any atom is -0.376 e. The molecule has 104 valence electrons. The predicted molar refractivity (Wildman–Crippen MR) is 83.7 cm³/mol. The standard InChI is InChI=1S/C15H16BrN3O/c16-11-3-4-12-13(5-6-17-14(12)9-11)18-10-15(20)19-7-1-2-8-19/h3-6,9H,1-2,7-8,10H2,(H,17,18). The average molecular weight is 334 g/mol. The van der Waals surface area contributed by atoms with Gasteiger partial charge in [0.2, 0.25) is 5.91 Å². The fourth-order valence-corrected chi connectivity index (χ4v) is 2.87. The molecule has 1 aromatic carbocycles. The summed E-state index contributed by atoms with van der Waals surface area (Å²) >= 11 is 3.44. The number of nitrogens with zero attached hydrogens (tertiary/aromatic N) is 2. The van der Waals surface area contributed by atoms with Crippen molar-refractivity contribution in [1.82, 2.24) is 9.88 Å². The summed E-state index contributed by atoms with van der Waals surface area (Å²) < 4.78 is 1.00. The van der Waals surface area contributed by atoms with Gasteiger partial charge in [-0.1, -0.05) is 15.9 Å². The number of anilines is 1. The topological polar surface area (TPSA) is 45.2 Å². The molecule has 2 aromatic rings. The van der Waals surface area contributed by atoms with Gasteiger partial charge in [0.05, 0.1) is 12.1 Å². The maximum Gasteiger partial charge on any atom is 0.241 e. The van der Waals surface area contributed by atoms with Crippen LogP contribution >= 0.6 is 15.9 Å². The van der Waals surface area contributed by atoms with E-state index in [-0.39, 0.29) is 5.91 Å². The number of hydrogen-bond acceptors (Lipinski definition) is 3. The van der Waals surface area contributed by atoms with Crippen molar-refractivity contribution in [2.45, 2.75) is 12.8 Å². The van der Waals surface area contributed by atoms with E-state index in [9.17, 15) is 4.79 Å². The van der Waals surface area contributed by atoms with Gasteiger partial charge in [0.1, 0.15) is 0 Å². The third-order valence-electron chi connectivity index (χ3n) is 3.59. The molecule has 3 rings (SSSR count). The van der Waals surface area contributed by atoms with Crippen LogP contribution in [-0.4, -0.2) is 35.4 Å². The largest absolute Gasteiger partial charge is 0.376 e. The molecule has 1 fully saturated rings. The van der Waals surface area contributed by atoms with Crippen molar-refractivity contribution >= 4 is 38.4 Å². The second kappa shape index (κ2) is 5.79. The Morgan fingerprint density at radius 3 is 2.90 bits per heavy atom. The first-order chi connectivity index (χ1) is 9.74. The van der Waals surface area contributed by atoms with Gasteiger partial charge in [0.15, 0.2) is 0 Å². The molecule has 1 amide bonds. The van der Waals surface area contributed by atoms with Crippen molar-refractivity contribution in [2.75, 3.05) is 25.0 Å². The van der Waals surface area contributed by atoms with Crippen LogP contribution in [0.15, 0.2) is 34.9 Å². The van der Waals surface area contributed by atoms with Gasteiger partial charge in [0, 0.05) is 34.8 Å². The summed E-state index contributed by atoms with van der Waals surface area (Å²) in [7, 11) is 0. The van der Waals surface area contributed by atoms with Crippen molar-refractivity contribution in [1.29, 1.82) is 0 Å². The molecule has 0 aliphatic carbocycles. The van der Waals surface area contributed by atoms with Crippen LogP contribution in [0, 0.1) is 0 Å². The van der Waals surface area contributed by atoms with E-state index >= 15 is 0 Å². The first-order valence-corrected chi connectivity index (χ1v) is 7.59. The van der Waals surface area contributed by atoms with Crippen molar-refractivity contribution in [3.8, 4) is 0 Å². The SMILES string of the molecule is O=C(CNc1ccnc2cc(Br)ccc12)N1CCCC1. The van der Waals surface area contributed by atoms with Crippen molar-refractivity contribution < 1.29 is 4.79 Å².